The van der Waals surface area contributed by atoms with Crippen molar-refractivity contribution in [3.05, 3.63) is 18.3 Å². The van der Waals surface area contributed by atoms with E-state index in [1.165, 1.54) is 32.4 Å². The summed E-state index contributed by atoms with van der Waals surface area (Å²) in [5, 5.41) is 2.75. The highest BCUT2D eigenvalue weighted by Crippen LogP contribution is 2.18. The van der Waals surface area contributed by atoms with Gasteiger partial charge in [-0.25, -0.2) is 22.5 Å². The highest BCUT2D eigenvalue weighted by Gasteiger charge is 2.22. The molecule has 7 nitrogen and oxygen atoms in total. The summed E-state index contributed by atoms with van der Waals surface area (Å²) in [7, 11) is -0.580. The summed E-state index contributed by atoms with van der Waals surface area (Å²) in [6, 6.07) is 2.97. The second-order valence-corrected chi connectivity index (χ2v) is 8.14. The molecule has 0 aliphatic carbocycles. The molecule has 1 saturated heterocycles. The Labute approximate surface area is 137 Å². The molecule has 1 fully saturated rings. The van der Waals surface area contributed by atoms with Gasteiger partial charge in [0, 0.05) is 32.9 Å². The Kier molecular flexibility index (Phi) is 5.59. The van der Waals surface area contributed by atoms with Crippen LogP contribution in [0.1, 0.15) is 32.6 Å². The van der Waals surface area contributed by atoms with Gasteiger partial charge in [0.05, 0.1) is 0 Å². The van der Waals surface area contributed by atoms with Gasteiger partial charge in [-0.3, -0.25) is 5.32 Å². The maximum atomic E-state index is 12.4. The van der Waals surface area contributed by atoms with Gasteiger partial charge < -0.3 is 4.90 Å². The van der Waals surface area contributed by atoms with E-state index in [2.05, 4.69) is 10.3 Å². The van der Waals surface area contributed by atoms with Crippen LogP contribution in [0.3, 0.4) is 0 Å². The topological polar surface area (TPSA) is 82.6 Å². The van der Waals surface area contributed by atoms with Crippen molar-refractivity contribution in [2.75, 3.05) is 26.0 Å². The summed E-state index contributed by atoms with van der Waals surface area (Å²) in [5.74, 6) is 0.351. The van der Waals surface area contributed by atoms with E-state index in [-0.39, 0.29) is 17.0 Å². The van der Waals surface area contributed by atoms with Crippen molar-refractivity contribution in [3.63, 3.8) is 0 Å². The minimum absolute atomic E-state index is 0.101. The Morgan fingerprint density at radius 2 is 2.04 bits per heavy atom. The first-order chi connectivity index (χ1) is 10.8. The smallest absolute Gasteiger partial charge is 0.322 e. The first-order valence-corrected chi connectivity index (χ1v) is 9.22. The molecule has 1 aliphatic heterocycles. The first-order valence-electron chi connectivity index (χ1n) is 7.78. The van der Waals surface area contributed by atoms with Crippen molar-refractivity contribution in [1.82, 2.24) is 14.2 Å². The zero-order valence-electron chi connectivity index (χ0n) is 13.8. The molecule has 0 unspecified atom stereocenters. The molecule has 8 heteroatoms. The van der Waals surface area contributed by atoms with Crippen LogP contribution in [0.4, 0.5) is 10.6 Å². The van der Waals surface area contributed by atoms with E-state index in [9.17, 15) is 13.2 Å². The number of hydrogen-bond donors (Lipinski definition) is 1. The lowest BCUT2D eigenvalue weighted by molar-refractivity contribution is 0.194. The lowest BCUT2D eigenvalue weighted by atomic mass is 10.1. The number of carbonyl (C=O) groups is 1. The summed E-state index contributed by atoms with van der Waals surface area (Å²) in [6.07, 6.45) is 5.55. The van der Waals surface area contributed by atoms with Crippen molar-refractivity contribution < 1.29 is 13.2 Å². The standard InChI is InChI=1S/C15H24N4O3S/c1-12-7-5-4-6-10-19(12)15(20)17-14-9-8-13(11-16-14)23(21,22)18(2)3/h8-9,11-12H,4-7,10H2,1-3H3,(H,16,17,20)/t12-/m0/s1. The van der Waals surface area contributed by atoms with Crippen LogP contribution in [0.2, 0.25) is 0 Å². The SMILES string of the molecule is C[C@H]1CCCCCN1C(=O)Nc1ccc(S(=O)(=O)N(C)C)cn1. The number of nitrogens with zero attached hydrogens (tertiary/aromatic N) is 3. The molecule has 128 valence electrons. The quantitative estimate of drug-likeness (QED) is 0.914. The Hall–Kier alpha value is -1.67. The third-order valence-electron chi connectivity index (χ3n) is 4.06. The number of likely N-dealkylation sites (tertiary alicyclic amines) is 1. The highest BCUT2D eigenvalue weighted by atomic mass is 32.2. The van der Waals surface area contributed by atoms with Crippen LogP contribution in [0.25, 0.3) is 0 Å². The average Bonchev–Trinajstić information content (AvgIpc) is 2.72. The summed E-state index contributed by atoms with van der Waals surface area (Å²) < 4.78 is 25.1. The number of anilines is 1. The molecule has 23 heavy (non-hydrogen) atoms. The van der Waals surface area contributed by atoms with Gasteiger partial charge in [-0.05, 0) is 31.9 Å². The molecule has 0 spiro atoms. The van der Waals surface area contributed by atoms with Crippen LogP contribution in [-0.4, -0.2) is 55.3 Å². The molecule has 0 bridgehead atoms. The molecule has 1 aromatic rings. The molecule has 2 rings (SSSR count). The number of amides is 2. The minimum Gasteiger partial charge on any atom is -0.322 e. The van der Waals surface area contributed by atoms with Gasteiger partial charge in [0.2, 0.25) is 10.0 Å². The van der Waals surface area contributed by atoms with Crippen molar-refractivity contribution >= 4 is 21.9 Å². The molecule has 1 atom stereocenters. The predicted octanol–water partition coefficient (Wildman–Crippen LogP) is 2.13. The third-order valence-corrected chi connectivity index (χ3v) is 5.86. The molecular formula is C15H24N4O3S. The molecule has 1 N–H and O–H groups in total. The van der Waals surface area contributed by atoms with Crippen molar-refractivity contribution in [2.24, 2.45) is 0 Å². The molecule has 2 heterocycles. The van der Waals surface area contributed by atoms with Gasteiger partial charge in [-0.1, -0.05) is 12.8 Å². The van der Waals surface area contributed by atoms with E-state index in [1.807, 2.05) is 11.8 Å². The van der Waals surface area contributed by atoms with Gasteiger partial charge >= 0.3 is 6.03 Å². The van der Waals surface area contributed by atoms with Gasteiger partial charge in [-0.2, -0.15) is 0 Å². The Morgan fingerprint density at radius 1 is 1.30 bits per heavy atom. The fourth-order valence-corrected chi connectivity index (χ4v) is 3.42. The van der Waals surface area contributed by atoms with Crippen molar-refractivity contribution in [2.45, 2.75) is 43.5 Å². The fraction of sp³-hybridized carbons (Fsp3) is 0.600. The van der Waals surface area contributed by atoms with E-state index in [0.29, 0.717) is 5.82 Å². The van der Waals surface area contributed by atoms with E-state index in [0.717, 1.165) is 36.5 Å². The normalized spacial score (nSPS) is 19.5. The zero-order chi connectivity index (χ0) is 17.0. The number of urea groups is 1. The third kappa shape index (κ3) is 4.20. The summed E-state index contributed by atoms with van der Waals surface area (Å²) >= 11 is 0. The molecule has 1 aromatic heterocycles. The second-order valence-electron chi connectivity index (χ2n) is 5.99. The number of sulfonamides is 1. The van der Waals surface area contributed by atoms with Crippen molar-refractivity contribution in [3.8, 4) is 0 Å². The van der Waals surface area contributed by atoms with Gasteiger partial charge in [0.15, 0.2) is 0 Å². The molecule has 0 aromatic carbocycles. The van der Waals surface area contributed by atoms with Crippen LogP contribution in [0.15, 0.2) is 23.2 Å². The maximum absolute atomic E-state index is 12.4. The molecular weight excluding hydrogens is 316 g/mol. The Bertz CT molecular complexity index is 643. The van der Waals surface area contributed by atoms with Crippen LogP contribution in [0.5, 0.6) is 0 Å². The monoisotopic (exact) mass is 340 g/mol. The largest absolute Gasteiger partial charge is 0.323 e. The van der Waals surface area contributed by atoms with Crippen LogP contribution < -0.4 is 5.32 Å². The minimum atomic E-state index is -3.51. The zero-order valence-corrected chi connectivity index (χ0v) is 14.6. The molecule has 0 radical (unpaired) electrons. The van der Waals surface area contributed by atoms with Gasteiger partial charge in [0.25, 0.3) is 0 Å². The Balaban J connectivity index is 2.07. The van der Waals surface area contributed by atoms with E-state index >= 15 is 0 Å². The second kappa shape index (κ2) is 7.27. The summed E-state index contributed by atoms with van der Waals surface area (Å²) in [5.41, 5.74) is 0. The fourth-order valence-electron chi connectivity index (χ4n) is 2.58. The van der Waals surface area contributed by atoms with Gasteiger partial charge in [0.1, 0.15) is 10.7 Å². The van der Waals surface area contributed by atoms with Crippen LogP contribution in [0, 0.1) is 0 Å². The van der Waals surface area contributed by atoms with E-state index < -0.39 is 10.0 Å². The summed E-state index contributed by atoms with van der Waals surface area (Å²) in [4.78, 5) is 18.3. The highest BCUT2D eigenvalue weighted by molar-refractivity contribution is 7.89. The lowest BCUT2D eigenvalue weighted by Crippen LogP contribution is -2.41. The van der Waals surface area contributed by atoms with E-state index in [4.69, 9.17) is 0 Å². The lowest BCUT2D eigenvalue weighted by Gasteiger charge is -2.27. The van der Waals surface area contributed by atoms with Gasteiger partial charge in [-0.15, -0.1) is 0 Å². The van der Waals surface area contributed by atoms with Crippen LogP contribution >= 0.6 is 0 Å². The first kappa shape index (κ1) is 17.7. The van der Waals surface area contributed by atoms with Crippen molar-refractivity contribution in [1.29, 1.82) is 0 Å². The summed E-state index contributed by atoms with van der Waals surface area (Å²) in [6.45, 7) is 2.78. The average molecular weight is 340 g/mol. The number of carbonyl (C=O) groups excluding carboxylic acids is 1. The maximum Gasteiger partial charge on any atom is 0.323 e. The number of rotatable bonds is 3. The number of pyridine rings is 1. The number of hydrogen-bond acceptors (Lipinski definition) is 4. The molecule has 1 aliphatic rings. The van der Waals surface area contributed by atoms with Crippen LogP contribution in [-0.2, 0) is 10.0 Å². The number of aromatic nitrogens is 1. The molecule has 2 amide bonds. The predicted molar refractivity (Wildman–Crippen MR) is 88.8 cm³/mol. The number of nitrogens with one attached hydrogen (secondary N) is 1. The Morgan fingerprint density at radius 3 is 2.65 bits per heavy atom. The van der Waals surface area contributed by atoms with E-state index in [1.54, 1.807) is 0 Å². The molecule has 0 saturated carbocycles.